The van der Waals surface area contributed by atoms with Gasteiger partial charge in [-0.15, -0.1) is 11.8 Å². The summed E-state index contributed by atoms with van der Waals surface area (Å²) in [5.41, 5.74) is 6.22. The highest BCUT2D eigenvalue weighted by Crippen LogP contribution is 2.22. The van der Waals surface area contributed by atoms with Crippen LogP contribution < -0.4 is 11.1 Å². The van der Waals surface area contributed by atoms with Crippen molar-refractivity contribution in [2.45, 2.75) is 4.90 Å². The van der Waals surface area contributed by atoms with Crippen LogP contribution in [0.25, 0.3) is 0 Å². The van der Waals surface area contributed by atoms with Crippen LogP contribution in [0.5, 0.6) is 0 Å². The number of nitrogens with one attached hydrogen (secondary N) is 1. The summed E-state index contributed by atoms with van der Waals surface area (Å²) < 4.78 is 14.2. The first-order valence-corrected chi connectivity index (χ1v) is 7.56. The topological polar surface area (TPSA) is 55.1 Å². The van der Waals surface area contributed by atoms with Crippen molar-refractivity contribution in [3.8, 4) is 0 Å². The summed E-state index contributed by atoms with van der Waals surface area (Å²) in [4.78, 5) is 12.4. The third-order valence-corrected chi connectivity index (χ3v) is 3.99. The number of benzene rings is 2. The van der Waals surface area contributed by atoms with Crippen molar-refractivity contribution in [3.05, 3.63) is 52.8 Å². The molecule has 0 saturated carbocycles. The maximum Gasteiger partial charge on any atom is 0.234 e. The van der Waals surface area contributed by atoms with Crippen molar-refractivity contribution in [2.75, 3.05) is 16.8 Å². The highest BCUT2D eigenvalue weighted by Gasteiger charge is 2.05. The Labute approximate surface area is 128 Å². The Balaban J connectivity index is 1.88. The summed E-state index contributed by atoms with van der Waals surface area (Å²) in [6, 6.07) is 11.8. The molecule has 1 amide bonds. The molecule has 104 valence electrons. The van der Waals surface area contributed by atoms with Gasteiger partial charge in [-0.25, -0.2) is 4.39 Å². The maximum absolute atomic E-state index is 13.2. The molecule has 2 aromatic rings. The van der Waals surface area contributed by atoms with E-state index in [-0.39, 0.29) is 17.3 Å². The van der Waals surface area contributed by atoms with Gasteiger partial charge in [-0.05, 0) is 42.5 Å². The Kier molecular flexibility index (Phi) is 5.03. The lowest BCUT2D eigenvalue weighted by atomic mass is 10.3. The minimum Gasteiger partial charge on any atom is -0.396 e. The second kappa shape index (κ2) is 6.76. The number of rotatable bonds is 4. The molecule has 0 aromatic heterocycles. The fourth-order valence-electron chi connectivity index (χ4n) is 1.48. The Morgan fingerprint density at radius 1 is 1.25 bits per heavy atom. The molecule has 20 heavy (non-hydrogen) atoms. The lowest BCUT2D eigenvalue weighted by Crippen LogP contribution is -2.13. The van der Waals surface area contributed by atoms with Crippen molar-refractivity contribution in [2.24, 2.45) is 0 Å². The van der Waals surface area contributed by atoms with E-state index in [1.165, 1.54) is 23.9 Å². The Morgan fingerprint density at radius 2 is 1.95 bits per heavy atom. The van der Waals surface area contributed by atoms with Crippen LogP contribution in [-0.4, -0.2) is 11.7 Å². The van der Waals surface area contributed by atoms with Crippen LogP contribution in [0.3, 0.4) is 0 Å². The molecule has 2 rings (SSSR count). The number of nitrogens with two attached hydrogens (primary N) is 1. The van der Waals surface area contributed by atoms with Gasteiger partial charge in [0.1, 0.15) is 5.82 Å². The van der Waals surface area contributed by atoms with Crippen molar-refractivity contribution < 1.29 is 9.18 Å². The molecule has 0 aliphatic heterocycles. The number of nitrogen functional groups attached to an aromatic ring is 1. The molecule has 0 heterocycles. The van der Waals surface area contributed by atoms with E-state index in [1.54, 1.807) is 18.2 Å². The van der Waals surface area contributed by atoms with E-state index in [4.69, 9.17) is 5.73 Å². The number of amides is 1. The van der Waals surface area contributed by atoms with E-state index < -0.39 is 5.82 Å². The molecule has 3 nitrogen and oxygen atoms in total. The van der Waals surface area contributed by atoms with Crippen LogP contribution in [0.2, 0.25) is 0 Å². The van der Waals surface area contributed by atoms with E-state index in [0.29, 0.717) is 4.90 Å². The molecule has 0 aliphatic carbocycles. The third kappa shape index (κ3) is 4.25. The summed E-state index contributed by atoms with van der Waals surface area (Å²) in [6.07, 6.45) is 0. The zero-order valence-corrected chi connectivity index (χ0v) is 12.8. The molecular weight excluding hydrogens is 343 g/mol. The predicted octanol–water partition coefficient (Wildman–Crippen LogP) is 3.90. The van der Waals surface area contributed by atoms with Crippen LogP contribution >= 0.6 is 27.7 Å². The van der Waals surface area contributed by atoms with Gasteiger partial charge >= 0.3 is 0 Å². The van der Waals surface area contributed by atoms with Gasteiger partial charge in [0.15, 0.2) is 0 Å². The minimum absolute atomic E-state index is 0.105. The number of carbonyl (C=O) groups excluding carboxylic acids is 1. The molecule has 2 aromatic carbocycles. The van der Waals surface area contributed by atoms with Crippen molar-refractivity contribution >= 4 is 45.0 Å². The number of thioether (sulfide) groups is 1. The summed E-state index contributed by atoms with van der Waals surface area (Å²) in [5, 5.41) is 2.77. The first kappa shape index (κ1) is 14.9. The van der Waals surface area contributed by atoms with Gasteiger partial charge in [0, 0.05) is 15.1 Å². The fourth-order valence-corrected chi connectivity index (χ4v) is 2.46. The van der Waals surface area contributed by atoms with Crippen LogP contribution in [0.15, 0.2) is 51.8 Å². The molecule has 6 heteroatoms. The van der Waals surface area contributed by atoms with Crippen molar-refractivity contribution in [1.29, 1.82) is 0 Å². The van der Waals surface area contributed by atoms with Gasteiger partial charge in [-0.3, -0.25) is 4.79 Å². The van der Waals surface area contributed by atoms with Crippen LogP contribution in [0, 0.1) is 5.82 Å². The summed E-state index contributed by atoms with van der Waals surface area (Å²) in [7, 11) is 0. The summed E-state index contributed by atoms with van der Waals surface area (Å²) >= 11 is 4.58. The van der Waals surface area contributed by atoms with Crippen LogP contribution in [-0.2, 0) is 4.79 Å². The average Bonchev–Trinajstić information content (AvgIpc) is 2.43. The van der Waals surface area contributed by atoms with Gasteiger partial charge in [-0.1, -0.05) is 15.9 Å². The standard InChI is InChI=1S/C14H12BrFN2OS/c15-9-1-3-10(4-2-9)18-14(19)8-20-11-5-6-13(17)12(16)7-11/h1-7H,8,17H2,(H,18,19). The normalized spacial score (nSPS) is 10.3. The zero-order chi connectivity index (χ0) is 14.5. The molecule has 0 spiro atoms. The van der Waals surface area contributed by atoms with E-state index in [0.717, 1.165) is 10.2 Å². The Morgan fingerprint density at radius 3 is 2.60 bits per heavy atom. The van der Waals surface area contributed by atoms with Gasteiger partial charge < -0.3 is 11.1 Å². The third-order valence-electron chi connectivity index (χ3n) is 2.47. The lowest BCUT2D eigenvalue weighted by molar-refractivity contribution is -0.113. The number of anilines is 2. The zero-order valence-electron chi connectivity index (χ0n) is 10.4. The largest absolute Gasteiger partial charge is 0.396 e. The molecule has 0 radical (unpaired) electrons. The summed E-state index contributed by atoms with van der Waals surface area (Å²) in [6.45, 7) is 0. The average molecular weight is 355 g/mol. The van der Waals surface area contributed by atoms with Gasteiger partial charge in [-0.2, -0.15) is 0 Å². The Bertz CT molecular complexity index is 619. The van der Waals surface area contributed by atoms with Crippen LogP contribution in [0.1, 0.15) is 0 Å². The van der Waals surface area contributed by atoms with Gasteiger partial charge in [0.25, 0.3) is 0 Å². The van der Waals surface area contributed by atoms with Gasteiger partial charge in [0.2, 0.25) is 5.91 Å². The maximum atomic E-state index is 13.2. The number of carbonyl (C=O) groups is 1. The predicted molar refractivity (Wildman–Crippen MR) is 84.3 cm³/mol. The molecule has 0 bridgehead atoms. The van der Waals surface area contributed by atoms with E-state index >= 15 is 0 Å². The van der Waals surface area contributed by atoms with E-state index in [1.807, 2.05) is 12.1 Å². The van der Waals surface area contributed by atoms with Crippen molar-refractivity contribution in [1.82, 2.24) is 0 Å². The van der Waals surface area contributed by atoms with Crippen molar-refractivity contribution in [3.63, 3.8) is 0 Å². The molecular formula is C14H12BrFN2OS. The van der Waals surface area contributed by atoms with Gasteiger partial charge in [0.05, 0.1) is 11.4 Å². The highest BCUT2D eigenvalue weighted by molar-refractivity contribution is 9.10. The number of hydrogen-bond donors (Lipinski definition) is 2. The second-order valence-corrected chi connectivity index (χ2v) is 5.99. The summed E-state index contributed by atoms with van der Waals surface area (Å²) in [5.74, 6) is -0.405. The monoisotopic (exact) mass is 354 g/mol. The first-order chi connectivity index (χ1) is 9.54. The molecule has 0 fully saturated rings. The molecule has 0 aliphatic rings. The molecule has 0 unspecified atom stereocenters. The smallest absolute Gasteiger partial charge is 0.234 e. The molecule has 0 saturated heterocycles. The lowest BCUT2D eigenvalue weighted by Gasteiger charge is -2.06. The minimum atomic E-state index is -0.469. The quantitative estimate of drug-likeness (QED) is 0.646. The highest BCUT2D eigenvalue weighted by atomic mass is 79.9. The van der Waals surface area contributed by atoms with E-state index in [2.05, 4.69) is 21.2 Å². The fraction of sp³-hybridized carbons (Fsp3) is 0.0714. The molecule has 3 N–H and O–H groups in total. The second-order valence-electron chi connectivity index (χ2n) is 4.03. The SMILES string of the molecule is Nc1ccc(SCC(=O)Nc2ccc(Br)cc2)cc1F. The van der Waals surface area contributed by atoms with E-state index in [9.17, 15) is 9.18 Å². The number of halogens is 2. The first-order valence-electron chi connectivity index (χ1n) is 5.78. The Hall–Kier alpha value is -1.53. The van der Waals surface area contributed by atoms with Crippen LogP contribution in [0.4, 0.5) is 15.8 Å². The molecule has 0 atom stereocenters. The number of hydrogen-bond acceptors (Lipinski definition) is 3.